The molecule has 6 heteroatoms. The minimum atomic E-state index is 0.146. The molecule has 0 aliphatic carbocycles. The number of hydrogen-bond donors (Lipinski definition) is 1. The van der Waals surface area contributed by atoms with E-state index in [1.54, 1.807) is 7.11 Å². The normalized spacial score (nSPS) is 12.6. The van der Waals surface area contributed by atoms with E-state index in [2.05, 4.69) is 22.4 Å². The van der Waals surface area contributed by atoms with Gasteiger partial charge in [-0.05, 0) is 47.5 Å². The lowest BCUT2D eigenvalue weighted by molar-refractivity contribution is 0.144. The first kappa shape index (κ1) is 14.5. The van der Waals surface area contributed by atoms with Gasteiger partial charge in [0.15, 0.2) is 5.82 Å². The van der Waals surface area contributed by atoms with Gasteiger partial charge >= 0.3 is 0 Å². The van der Waals surface area contributed by atoms with Gasteiger partial charge in [-0.1, -0.05) is 13.3 Å². The van der Waals surface area contributed by atoms with Gasteiger partial charge in [0.1, 0.15) is 0 Å². The molecule has 1 aromatic heterocycles. The van der Waals surface area contributed by atoms with Gasteiger partial charge in [0, 0.05) is 18.4 Å². The number of nitrogens with two attached hydrogens (primary N) is 1. The second-order valence-corrected chi connectivity index (χ2v) is 4.92. The van der Waals surface area contributed by atoms with Gasteiger partial charge in [0.05, 0.1) is 12.6 Å². The Balaban J connectivity index is 2.37. The average molecular weight is 275 g/mol. The van der Waals surface area contributed by atoms with Crippen LogP contribution in [-0.2, 0) is 4.74 Å². The zero-order valence-electron chi connectivity index (χ0n) is 12.2. The summed E-state index contributed by atoms with van der Waals surface area (Å²) in [4.78, 5) is 0. The molecule has 1 unspecified atom stereocenters. The lowest BCUT2D eigenvalue weighted by atomic mass is 10.1. The summed E-state index contributed by atoms with van der Waals surface area (Å²) < 4.78 is 7.12. The summed E-state index contributed by atoms with van der Waals surface area (Å²) in [5.74, 6) is 0.753. The van der Waals surface area contributed by atoms with Crippen LogP contribution >= 0.6 is 0 Å². The Labute approximate surface area is 118 Å². The minimum absolute atomic E-state index is 0.146. The van der Waals surface area contributed by atoms with Gasteiger partial charge in [0.2, 0.25) is 0 Å². The fraction of sp³-hybridized carbons (Fsp3) is 0.500. The van der Waals surface area contributed by atoms with Gasteiger partial charge in [-0.3, -0.25) is 0 Å². The summed E-state index contributed by atoms with van der Waals surface area (Å²) in [6.45, 7) is 4.71. The highest BCUT2D eigenvalue weighted by Crippen LogP contribution is 2.24. The Bertz CT molecular complexity index is 560. The van der Waals surface area contributed by atoms with Crippen molar-refractivity contribution in [1.82, 2.24) is 20.2 Å². The Morgan fingerprint density at radius 3 is 2.85 bits per heavy atom. The molecule has 1 aromatic carbocycles. The summed E-state index contributed by atoms with van der Waals surface area (Å²) >= 11 is 0. The van der Waals surface area contributed by atoms with Crippen molar-refractivity contribution in [2.45, 2.75) is 32.7 Å². The van der Waals surface area contributed by atoms with Crippen LogP contribution < -0.4 is 5.73 Å². The Morgan fingerprint density at radius 1 is 1.40 bits per heavy atom. The molecule has 1 heterocycles. The number of benzene rings is 1. The molecule has 0 radical (unpaired) electrons. The first-order valence-electron chi connectivity index (χ1n) is 6.80. The number of aryl methyl sites for hydroxylation is 1. The maximum absolute atomic E-state index is 5.86. The monoisotopic (exact) mass is 275 g/mol. The summed E-state index contributed by atoms with van der Waals surface area (Å²) in [5.41, 5.74) is 8.62. The van der Waals surface area contributed by atoms with E-state index >= 15 is 0 Å². The van der Waals surface area contributed by atoms with Crippen molar-refractivity contribution >= 4 is 5.69 Å². The van der Waals surface area contributed by atoms with Crippen LogP contribution in [0.3, 0.4) is 0 Å². The van der Waals surface area contributed by atoms with E-state index in [0.717, 1.165) is 35.5 Å². The molecule has 6 nitrogen and oxygen atoms in total. The molecule has 20 heavy (non-hydrogen) atoms. The second-order valence-electron chi connectivity index (χ2n) is 4.92. The van der Waals surface area contributed by atoms with Gasteiger partial charge in [-0.25, -0.2) is 4.68 Å². The third-order valence-electron chi connectivity index (χ3n) is 3.35. The first-order valence-corrected chi connectivity index (χ1v) is 6.80. The van der Waals surface area contributed by atoms with Crippen LogP contribution in [0.2, 0.25) is 0 Å². The number of nitrogens with zero attached hydrogens (tertiary/aromatic N) is 4. The van der Waals surface area contributed by atoms with E-state index in [1.807, 2.05) is 29.8 Å². The van der Waals surface area contributed by atoms with Gasteiger partial charge < -0.3 is 10.5 Å². The molecule has 2 N–H and O–H groups in total. The highest BCUT2D eigenvalue weighted by Gasteiger charge is 2.18. The number of rotatable bonds is 6. The number of methoxy groups -OCH3 is 1. The number of nitrogen functional groups attached to an aromatic ring is 1. The molecular formula is C14H21N5O. The maximum atomic E-state index is 5.86. The quantitative estimate of drug-likeness (QED) is 0.818. The van der Waals surface area contributed by atoms with Crippen LogP contribution in [0.5, 0.6) is 0 Å². The van der Waals surface area contributed by atoms with Crippen LogP contribution in [0.15, 0.2) is 18.2 Å². The molecular weight excluding hydrogens is 254 g/mol. The molecule has 0 aliphatic heterocycles. The van der Waals surface area contributed by atoms with Crippen molar-refractivity contribution in [3.8, 4) is 11.4 Å². The molecule has 0 aliphatic rings. The van der Waals surface area contributed by atoms with E-state index in [4.69, 9.17) is 10.5 Å². The van der Waals surface area contributed by atoms with Crippen molar-refractivity contribution in [3.63, 3.8) is 0 Å². The van der Waals surface area contributed by atoms with Gasteiger partial charge in [-0.2, -0.15) is 0 Å². The molecule has 2 rings (SSSR count). The molecule has 2 aromatic rings. The molecule has 0 bridgehead atoms. The van der Waals surface area contributed by atoms with Crippen molar-refractivity contribution in [1.29, 1.82) is 0 Å². The lowest BCUT2D eigenvalue weighted by Gasteiger charge is -2.17. The number of hydrogen-bond acceptors (Lipinski definition) is 5. The van der Waals surface area contributed by atoms with E-state index in [9.17, 15) is 0 Å². The fourth-order valence-electron chi connectivity index (χ4n) is 2.25. The third kappa shape index (κ3) is 2.96. The van der Waals surface area contributed by atoms with Gasteiger partial charge in [0.25, 0.3) is 0 Å². The lowest BCUT2D eigenvalue weighted by Crippen LogP contribution is -2.17. The van der Waals surface area contributed by atoms with Crippen molar-refractivity contribution in [3.05, 3.63) is 23.8 Å². The van der Waals surface area contributed by atoms with Crippen molar-refractivity contribution in [2.75, 3.05) is 19.5 Å². The van der Waals surface area contributed by atoms with Crippen molar-refractivity contribution in [2.24, 2.45) is 0 Å². The van der Waals surface area contributed by atoms with Crippen LogP contribution in [0.4, 0.5) is 5.69 Å². The SMILES string of the molecule is CCCC(COC)n1nnnc1-c1ccc(N)c(C)c1. The fourth-order valence-corrected chi connectivity index (χ4v) is 2.25. The standard InChI is InChI=1S/C14H21N5O/c1-4-5-12(9-20-3)19-14(16-17-18-19)11-6-7-13(15)10(2)8-11/h6-8,12H,4-5,9,15H2,1-3H3. The summed E-state index contributed by atoms with van der Waals surface area (Å²) in [7, 11) is 1.69. The van der Waals surface area contributed by atoms with Crippen LogP contribution in [-0.4, -0.2) is 33.9 Å². The molecule has 0 spiro atoms. The smallest absolute Gasteiger partial charge is 0.182 e. The molecule has 108 valence electrons. The largest absolute Gasteiger partial charge is 0.399 e. The Hall–Kier alpha value is -1.95. The average Bonchev–Trinajstić information content (AvgIpc) is 2.91. The Kier molecular flexibility index (Phi) is 4.68. The Morgan fingerprint density at radius 2 is 2.20 bits per heavy atom. The van der Waals surface area contributed by atoms with Crippen LogP contribution in [0, 0.1) is 6.92 Å². The van der Waals surface area contributed by atoms with Gasteiger partial charge in [-0.15, -0.1) is 5.10 Å². The number of tetrazole rings is 1. The number of ether oxygens (including phenoxy) is 1. The van der Waals surface area contributed by atoms with E-state index < -0.39 is 0 Å². The highest BCUT2D eigenvalue weighted by molar-refractivity contribution is 5.61. The van der Waals surface area contributed by atoms with Crippen LogP contribution in [0.1, 0.15) is 31.4 Å². The summed E-state index contributed by atoms with van der Waals surface area (Å²) in [6, 6.07) is 5.98. The molecule has 1 atom stereocenters. The zero-order chi connectivity index (χ0) is 14.5. The highest BCUT2D eigenvalue weighted by atomic mass is 16.5. The van der Waals surface area contributed by atoms with Crippen molar-refractivity contribution < 1.29 is 4.74 Å². The topological polar surface area (TPSA) is 78.8 Å². The molecule has 0 amide bonds. The summed E-state index contributed by atoms with van der Waals surface area (Å²) in [6.07, 6.45) is 2.02. The second kappa shape index (κ2) is 6.47. The number of aromatic nitrogens is 4. The van der Waals surface area contributed by atoms with E-state index in [0.29, 0.717) is 6.61 Å². The number of anilines is 1. The maximum Gasteiger partial charge on any atom is 0.182 e. The zero-order valence-corrected chi connectivity index (χ0v) is 12.2. The molecule has 0 fully saturated rings. The predicted octanol–water partition coefficient (Wildman–Crippen LogP) is 2.22. The minimum Gasteiger partial charge on any atom is -0.399 e. The summed E-state index contributed by atoms with van der Waals surface area (Å²) in [5, 5.41) is 12.1. The predicted molar refractivity (Wildman–Crippen MR) is 78.2 cm³/mol. The van der Waals surface area contributed by atoms with Crippen LogP contribution in [0.25, 0.3) is 11.4 Å². The first-order chi connectivity index (χ1) is 9.67. The molecule has 0 saturated carbocycles. The van der Waals surface area contributed by atoms with E-state index in [1.165, 1.54) is 0 Å². The molecule has 0 saturated heterocycles. The third-order valence-corrected chi connectivity index (χ3v) is 3.35. The van der Waals surface area contributed by atoms with E-state index in [-0.39, 0.29) is 6.04 Å².